The van der Waals surface area contributed by atoms with E-state index in [-0.39, 0.29) is 27.0 Å². The van der Waals surface area contributed by atoms with E-state index in [9.17, 15) is 21.2 Å². The third-order valence-corrected chi connectivity index (χ3v) is 5.33. The summed E-state index contributed by atoms with van der Waals surface area (Å²) in [5.41, 5.74) is 0.146. The minimum absolute atomic E-state index is 0.0453. The molecular weight excluding hydrogens is 388 g/mol. The van der Waals surface area contributed by atoms with Crippen LogP contribution in [0.15, 0.2) is 41.3 Å². The summed E-state index contributed by atoms with van der Waals surface area (Å²) in [7, 11) is -7.09. The molecule has 0 aliphatic rings. The Bertz CT molecular complexity index is 922. The highest BCUT2D eigenvalue weighted by Crippen LogP contribution is 2.27. The molecule has 0 bridgehead atoms. The summed E-state index contributed by atoms with van der Waals surface area (Å²) in [6, 6.07) is 7.58. The molecule has 23 heavy (non-hydrogen) atoms. The van der Waals surface area contributed by atoms with Crippen molar-refractivity contribution >= 4 is 49.6 Å². The van der Waals surface area contributed by atoms with Gasteiger partial charge < -0.3 is 0 Å². The standard InChI is InChI=1S/C13H10Cl2FNO4S2/c14-9-5-4-8(7-22(18)19)11(6-9)17-23(20,21)12-3-1-2-10(15)13(12)16/h1-6,17,22H,7H2. The molecule has 2 aromatic carbocycles. The van der Waals surface area contributed by atoms with Gasteiger partial charge in [0, 0.05) is 5.02 Å². The van der Waals surface area contributed by atoms with Crippen LogP contribution in [0.2, 0.25) is 10.0 Å². The molecule has 0 fully saturated rings. The Morgan fingerprint density at radius 2 is 1.83 bits per heavy atom. The maximum absolute atomic E-state index is 13.9. The van der Waals surface area contributed by atoms with Crippen LogP contribution >= 0.6 is 23.2 Å². The van der Waals surface area contributed by atoms with Crippen LogP contribution in [0.3, 0.4) is 0 Å². The molecule has 0 saturated carbocycles. The molecule has 0 heterocycles. The first kappa shape index (κ1) is 18.0. The van der Waals surface area contributed by atoms with Crippen LogP contribution in [0.4, 0.5) is 10.1 Å². The number of sulfonamides is 1. The van der Waals surface area contributed by atoms with Gasteiger partial charge >= 0.3 is 0 Å². The van der Waals surface area contributed by atoms with Gasteiger partial charge in [-0.2, -0.15) is 0 Å². The van der Waals surface area contributed by atoms with Gasteiger partial charge in [0.15, 0.2) is 5.82 Å². The molecule has 0 aliphatic carbocycles. The number of hydrogen-bond donors (Lipinski definition) is 2. The zero-order valence-corrected chi connectivity index (χ0v) is 14.5. The van der Waals surface area contributed by atoms with Gasteiger partial charge in [-0.15, -0.1) is 0 Å². The Morgan fingerprint density at radius 3 is 2.48 bits per heavy atom. The van der Waals surface area contributed by atoms with E-state index in [4.69, 9.17) is 23.2 Å². The Kier molecular flexibility index (Phi) is 5.51. The summed E-state index contributed by atoms with van der Waals surface area (Å²) in [4.78, 5) is -0.651. The minimum atomic E-state index is -4.31. The molecule has 0 saturated heterocycles. The SMILES string of the molecule is O=[SH](=O)Cc1ccc(Cl)cc1NS(=O)(=O)c1cccc(Cl)c1F. The highest BCUT2D eigenvalue weighted by Gasteiger charge is 2.22. The zero-order chi connectivity index (χ0) is 17.2. The highest BCUT2D eigenvalue weighted by atomic mass is 35.5. The third kappa shape index (κ3) is 4.35. The monoisotopic (exact) mass is 397 g/mol. The lowest BCUT2D eigenvalue weighted by molar-refractivity contribution is 0.570. The van der Waals surface area contributed by atoms with E-state index < -0.39 is 31.4 Å². The lowest BCUT2D eigenvalue weighted by atomic mass is 10.2. The van der Waals surface area contributed by atoms with Crippen LogP contribution in [0, 0.1) is 5.82 Å². The van der Waals surface area contributed by atoms with Gasteiger partial charge in [-0.3, -0.25) is 4.72 Å². The van der Waals surface area contributed by atoms with Crippen LogP contribution in [0.1, 0.15) is 5.56 Å². The largest absolute Gasteiger partial charge is 0.279 e. The van der Waals surface area contributed by atoms with Crippen molar-refractivity contribution in [2.24, 2.45) is 0 Å². The minimum Gasteiger partial charge on any atom is -0.279 e. The van der Waals surface area contributed by atoms with Crippen molar-refractivity contribution in [3.05, 3.63) is 57.8 Å². The van der Waals surface area contributed by atoms with Gasteiger partial charge in [-0.25, -0.2) is 21.2 Å². The first-order valence-corrected chi connectivity index (χ1v) is 9.68. The smallest absolute Gasteiger partial charge is 0.264 e. The summed E-state index contributed by atoms with van der Waals surface area (Å²) in [6.07, 6.45) is 0. The number of hydrogen-bond acceptors (Lipinski definition) is 4. The van der Waals surface area contributed by atoms with Gasteiger partial charge in [0.2, 0.25) is 0 Å². The summed E-state index contributed by atoms with van der Waals surface area (Å²) < 4.78 is 62.5. The number of thiol groups is 1. The molecule has 2 aromatic rings. The average Bonchev–Trinajstić information content (AvgIpc) is 2.44. The number of benzene rings is 2. The fourth-order valence-corrected chi connectivity index (χ4v) is 3.96. The summed E-state index contributed by atoms with van der Waals surface area (Å²) >= 11 is 11.4. The quantitative estimate of drug-likeness (QED) is 0.759. The molecule has 124 valence electrons. The zero-order valence-electron chi connectivity index (χ0n) is 11.3. The number of nitrogens with one attached hydrogen (secondary N) is 1. The van der Waals surface area contributed by atoms with Gasteiger partial charge in [0.1, 0.15) is 15.6 Å². The topological polar surface area (TPSA) is 80.3 Å². The molecule has 0 unspecified atom stereocenters. The number of halogens is 3. The van der Waals surface area contributed by atoms with Crippen LogP contribution in [0.25, 0.3) is 0 Å². The van der Waals surface area contributed by atoms with Gasteiger partial charge in [-0.05, 0) is 29.8 Å². The highest BCUT2D eigenvalue weighted by molar-refractivity contribution is 7.92. The van der Waals surface area contributed by atoms with Crippen molar-refractivity contribution < 1.29 is 21.2 Å². The Balaban J connectivity index is 2.49. The van der Waals surface area contributed by atoms with E-state index in [2.05, 4.69) is 4.72 Å². The number of anilines is 1. The van der Waals surface area contributed by atoms with E-state index in [0.29, 0.717) is 0 Å². The first-order chi connectivity index (χ1) is 10.7. The lowest BCUT2D eigenvalue weighted by Crippen LogP contribution is -2.16. The van der Waals surface area contributed by atoms with Gasteiger partial charge in [-0.1, -0.05) is 35.3 Å². The lowest BCUT2D eigenvalue weighted by Gasteiger charge is -2.12. The molecule has 10 heteroatoms. The molecule has 0 amide bonds. The van der Waals surface area contributed by atoms with E-state index in [1.165, 1.54) is 30.3 Å². The second-order valence-corrected chi connectivity index (χ2v) is 7.93. The van der Waals surface area contributed by atoms with E-state index in [1.807, 2.05) is 0 Å². The Hall–Kier alpha value is -1.35. The van der Waals surface area contributed by atoms with E-state index in [0.717, 1.165) is 6.07 Å². The molecule has 5 nitrogen and oxygen atoms in total. The van der Waals surface area contributed by atoms with Gasteiger partial charge in [0.05, 0.1) is 16.5 Å². The second kappa shape index (κ2) is 7.04. The van der Waals surface area contributed by atoms with Crippen molar-refractivity contribution in [2.75, 3.05) is 4.72 Å². The van der Waals surface area contributed by atoms with Gasteiger partial charge in [0.25, 0.3) is 10.0 Å². The first-order valence-electron chi connectivity index (χ1n) is 6.08. The fraction of sp³-hybridized carbons (Fsp3) is 0.0769. The maximum Gasteiger partial charge on any atom is 0.264 e. The summed E-state index contributed by atoms with van der Waals surface area (Å²) in [5.74, 6) is -1.48. The fourth-order valence-electron chi connectivity index (χ4n) is 1.81. The second-order valence-electron chi connectivity index (χ2n) is 4.45. The van der Waals surface area contributed by atoms with Crippen molar-refractivity contribution in [2.45, 2.75) is 10.6 Å². The average molecular weight is 398 g/mol. The normalized spacial score (nSPS) is 11.7. The summed E-state index contributed by atoms with van der Waals surface area (Å²) in [5, 5.41) is -0.152. The molecule has 0 aromatic heterocycles. The van der Waals surface area contributed by atoms with Crippen LogP contribution in [0.5, 0.6) is 0 Å². The third-order valence-electron chi connectivity index (χ3n) is 2.82. The predicted octanol–water partition coefficient (Wildman–Crippen LogP) is 3.04. The maximum atomic E-state index is 13.9. The van der Waals surface area contributed by atoms with E-state index in [1.54, 1.807) is 0 Å². The van der Waals surface area contributed by atoms with Crippen LogP contribution in [-0.2, 0) is 26.5 Å². The molecule has 1 N–H and O–H groups in total. The number of rotatable bonds is 5. The Morgan fingerprint density at radius 1 is 1.13 bits per heavy atom. The molecular formula is C13H10Cl2FNO4S2. The van der Waals surface area contributed by atoms with Crippen molar-refractivity contribution in [3.8, 4) is 0 Å². The Labute approximate surface area is 144 Å². The molecule has 0 spiro atoms. The summed E-state index contributed by atoms with van der Waals surface area (Å²) in [6.45, 7) is 0. The van der Waals surface area contributed by atoms with Crippen LogP contribution in [-0.4, -0.2) is 16.8 Å². The van der Waals surface area contributed by atoms with Crippen LogP contribution < -0.4 is 4.72 Å². The van der Waals surface area contributed by atoms with E-state index >= 15 is 0 Å². The molecule has 0 aliphatic heterocycles. The molecule has 0 radical (unpaired) electrons. The van der Waals surface area contributed by atoms with Crippen molar-refractivity contribution in [1.82, 2.24) is 0 Å². The van der Waals surface area contributed by atoms with Crippen molar-refractivity contribution in [1.29, 1.82) is 0 Å². The van der Waals surface area contributed by atoms with Crippen molar-refractivity contribution in [3.63, 3.8) is 0 Å². The predicted molar refractivity (Wildman–Crippen MR) is 87.7 cm³/mol. The molecule has 0 atom stereocenters. The molecule has 2 rings (SSSR count).